The number of hydrogen-bond donors (Lipinski definition) is 5. The van der Waals surface area contributed by atoms with Crippen LogP contribution in [0.3, 0.4) is 0 Å². The largest absolute Gasteiger partial charge is 0.399 e. The first-order valence-corrected chi connectivity index (χ1v) is 7.50. The van der Waals surface area contributed by atoms with Crippen molar-refractivity contribution in [1.29, 1.82) is 0 Å². The maximum Gasteiger partial charge on any atom is 0.399 e. The molecule has 4 unspecified atom stereocenters. The molecule has 0 aromatic carbocycles. The molecule has 23 heavy (non-hydrogen) atoms. The molecule has 6 N–H and O–H groups in total. The molecule has 2 rings (SSSR count). The minimum absolute atomic E-state index is 0.442. The Bertz CT molecular complexity index is 609. The molecule has 0 radical (unpaired) electrons. The maximum absolute atomic E-state index is 10.4. The average molecular weight is 352 g/mol. The second kappa shape index (κ2) is 8.26. The lowest BCUT2D eigenvalue weighted by Gasteiger charge is -2.11. The summed E-state index contributed by atoms with van der Waals surface area (Å²) in [5.74, 6) is -0.442. The Kier molecular flexibility index (Phi) is 6.96. The molecule has 1 aromatic heterocycles. The van der Waals surface area contributed by atoms with Crippen LogP contribution >= 0.6 is 0 Å². The smallest absolute Gasteiger partial charge is 0.394 e. The van der Waals surface area contributed by atoms with E-state index in [-0.39, 0.29) is 0 Å². The van der Waals surface area contributed by atoms with Gasteiger partial charge in [-0.05, 0) is 12.1 Å². The quantitative estimate of drug-likeness (QED) is 0.360. The number of hydrogen-bond acceptors (Lipinski definition) is 9. The normalized spacial score (nSPS) is 27.1. The molecule has 1 aromatic rings. The van der Waals surface area contributed by atoms with E-state index >= 15 is 0 Å². The van der Waals surface area contributed by atoms with Crippen molar-refractivity contribution in [1.82, 2.24) is 4.98 Å². The lowest BCUT2D eigenvalue weighted by atomic mass is 10.1. The second-order valence-corrected chi connectivity index (χ2v) is 5.38. The molecule has 0 bridgehead atoms. The fourth-order valence-corrected chi connectivity index (χ4v) is 1.97. The number of nitrogens with two attached hydrogens (primary N) is 1. The van der Waals surface area contributed by atoms with Crippen LogP contribution in [-0.2, 0) is 19.3 Å². The topological polar surface area (TPSA) is 189 Å². The number of aromatic nitrogens is 1. The molecule has 11 nitrogen and oxygen atoms in total. The third-order valence-corrected chi connectivity index (χ3v) is 3.09. The number of pyridine rings is 1. The SMILES string of the molecule is NC(=O)c1cccnc1.O=S(=O)(O)OC1OC(CO)C(O)C1O. The number of aliphatic hydroxyl groups is 3. The van der Waals surface area contributed by atoms with E-state index in [1.54, 1.807) is 18.3 Å². The van der Waals surface area contributed by atoms with Crippen LogP contribution in [0.1, 0.15) is 10.4 Å². The summed E-state index contributed by atoms with van der Waals surface area (Å²) < 4.78 is 37.2. The van der Waals surface area contributed by atoms with Gasteiger partial charge in [0.1, 0.15) is 18.3 Å². The molecule has 1 saturated heterocycles. The summed E-state index contributed by atoms with van der Waals surface area (Å²) in [5, 5.41) is 26.9. The van der Waals surface area contributed by atoms with Gasteiger partial charge in [-0.2, -0.15) is 8.42 Å². The standard InChI is InChI=1S/C6H6N2O.C5H10O8S/c7-6(9)5-2-1-3-8-4-5;6-1-2-3(7)4(8)5(12-2)13-14(9,10)11/h1-4H,(H2,7,9);2-8H,1H2,(H,9,10,11). The number of carbonyl (C=O) groups excluding carboxylic acids is 1. The molecule has 4 atom stereocenters. The third kappa shape index (κ3) is 6.15. The number of ether oxygens (including phenoxy) is 1. The Morgan fingerprint density at radius 3 is 2.39 bits per heavy atom. The highest BCUT2D eigenvalue weighted by Gasteiger charge is 2.45. The Balaban J connectivity index is 0.000000253. The van der Waals surface area contributed by atoms with Crippen LogP contribution in [0.25, 0.3) is 0 Å². The van der Waals surface area contributed by atoms with Crippen LogP contribution in [0.15, 0.2) is 24.5 Å². The van der Waals surface area contributed by atoms with Crippen LogP contribution < -0.4 is 5.73 Å². The van der Waals surface area contributed by atoms with Crippen LogP contribution in [0, 0.1) is 0 Å². The molecule has 1 aliphatic heterocycles. The predicted octanol–water partition coefficient (Wildman–Crippen LogP) is -2.57. The van der Waals surface area contributed by atoms with E-state index in [0.717, 1.165) is 0 Å². The van der Waals surface area contributed by atoms with Crippen molar-refractivity contribution >= 4 is 16.3 Å². The molecule has 1 aliphatic rings. The third-order valence-electron chi connectivity index (χ3n) is 2.66. The van der Waals surface area contributed by atoms with Crippen LogP contribution in [-0.4, -0.2) is 70.4 Å². The molecule has 1 amide bonds. The summed E-state index contributed by atoms with van der Waals surface area (Å²) in [6.07, 6.45) is -2.94. The van der Waals surface area contributed by atoms with E-state index in [4.69, 9.17) is 25.6 Å². The average Bonchev–Trinajstić information content (AvgIpc) is 2.75. The van der Waals surface area contributed by atoms with Crippen molar-refractivity contribution in [3.8, 4) is 0 Å². The summed E-state index contributed by atoms with van der Waals surface area (Å²) in [5.41, 5.74) is 5.38. The summed E-state index contributed by atoms with van der Waals surface area (Å²) in [6.45, 7) is -0.608. The van der Waals surface area contributed by atoms with Gasteiger partial charge in [-0.1, -0.05) is 0 Å². The molecule has 12 heteroatoms. The minimum atomic E-state index is -4.77. The van der Waals surface area contributed by atoms with Gasteiger partial charge in [-0.3, -0.25) is 14.3 Å². The van der Waals surface area contributed by atoms with Crippen LogP contribution in [0.2, 0.25) is 0 Å². The van der Waals surface area contributed by atoms with Crippen molar-refractivity contribution < 1.29 is 42.0 Å². The van der Waals surface area contributed by atoms with Gasteiger partial charge in [0, 0.05) is 12.4 Å². The first-order valence-electron chi connectivity index (χ1n) is 6.13. The zero-order valence-corrected chi connectivity index (χ0v) is 12.4. The molecule has 0 saturated carbocycles. The number of rotatable bonds is 4. The lowest BCUT2D eigenvalue weighted by Crippen LogP contribution is -2.35. The zero-order valence-electron chi connectivity index (χ0n) is 11.6. The van der Waals surface area contributed by atoms with E-state index in [2.05, 4.69) is 13.9 Å². The Hall–Kier alpha value is -1.67. The van der Waals surface area contributed by atoms with Crippen molar-refractivity contribution in [3.63, 3.8) is 0 Å². The van der Waals surface area contributed by atoms with Gasteiger partial charge in [0.05, 0.1) is 12.2 Å². The first kappa shape index (κ1) is 19.4. The minimum Gasteiger partial charge on any atom is -0.394 e. The molecule has 0 spiro atoms. The van der Waals surface area contributed by atoms with E-state index in [1.165, 1.54) is 6.20 Å². The predicted molar refractivity (Wildman–Crippen MR) is 73.1 cm³/mol. The number of nitrogens with zero attached hydrogens (tertiary/aromatic N) is 1. The van der Waals surface area contributed by atoms with E-state index in [1.807, 2.05) is 0 Å². The van der Waals surface area contributed by atoms with Crippen LogP contribution in [0.4, 0.5) is 0 Å². The molecule has 130 valence electrons. The number of amides is 1. The Labute approximate surface area is 131 Å². The number of primary amides is 1. The molecular formula is C11H16N2O9S. The van der Waals surface area contributed by atoms with E-state index < -0.39 is 47.5 Å². The fraction of sp³-hybridized carbons (Fsp3) is 0.455. The first-order chi connectivity index (χ1) is 10.7. The lowest BCUT2D eigenvalue weighted by molar-refractivity contribution is -0.117. The van der Waals surface area contributed by atoms with Gasteiger partial charge in [0.25, 0.3) is 0 Å². The van der Waals surface area contributed by atoms with Crippen molar-refractivity contribution in [2.75, 3.05) is 6.61 Å². The van der Waals surface area contributed by atoms with Gasteiger partial charge in [-0.25, -0.2) is 4.18 Å². The molecular weight excluding hydrogens is 336 g/mol. The Morgan fingerprint density at radius 2 is 2.04 bits per heavy atom. The number of aliphatic hydroxyl groups excluding tert-OH is 3. The highest BCUT2D eigenvalue weighted by Crippen LogP contribution is 2.22. The number of carbonyl (C=O) groups is 1. The fourth-order valence-electron chi connectivity index (χ4n) is 1.57. The highest BCUT2D eigenvalue weighted by atomic mass is 32.3. The van der Waals surface area contributed by atoms with Gasteiger partial charge in [-0.15, -0.1) is 0 Å². The van der Waals surface area contributed by atoms with E-state index in [9.17, 15) is 13.2 Å². The van der Waals surface area contributed by atoms with Gasteiger partial charge in [0.15, 0.2) is 0 Å². The summed E-state index contributed by atoms with van der Waals surface area (Å²) in [7, 11) is -4.77. The molecule has 0 aliphatic carbocycles. The van der Waals surface area contributed by atoms with Gasteiger partial charge < -0.3 is 25.8 Å². The molecule has 1 fully saturated rings. The van der Waals surface area contributed by atoms with Crippen molar-refractivity contribution in [2.45, 2.75) is 24.6 Å². The van der Waals surface area contributed by atoms with E-state index in [0.29, 0.717) is 5.56 Å². The van der Waals surface area contributed by atoms with Crippen molar-refractivity contribution in [2.24, 2.45) is 5.73 Å². The second-order valence-electron chi connectivity index (χ2n) is 4.34. The van der Waals surface area contributed by atoms with Crippen LogP contribution in [0.5, 0.6) is 0 Å². The summed E-state index contributed by atoms with van der Waals surface area (Å²) in [6, 6.07) is 3.29. The van der Waals surface area contributed by atoms with Gasteiger partial charge >= 0.3 is 10.4 Å². The summed E-state index contributed by atoms with van der Waals surface area (Å²) >= 11 is 0. The maximum atomic E-state index is 10.4. The van der Waals surface area contributed by atoms with Crippen molar-refractivity contribution in [3.05, 3.63) is 30.1 Å². The van der Waals surface area contributed by atoms with Gasteiger partial charge in [0.2, 0.25) is 12.2 Å². The highest BCUT2D eigenvalue weighted by molar-refractivity contribution is 7.80. The Morgan fingerprint density at radius 1 is 1.39 bits per heavy atom. The zero-order chi connectivity index (χ0) is 17.6. The summed E-state index contributed by atoms with van der Waals surface area (Å²) in [4.78, 5) is 14.1. The molecule has 2 heterocycles. The monoisotopic (exact) mass is 352 g/mol.